The summed E-state index contributed by atoms with van der Waals surface area (Å²) in [6.07, 6.45) is 13.4. The maximum Gasteiger partial charge on any atom is 0.00658 e. The van der Waals surface area contributed by atoms with Crippen molar-refractivity contribution in [1.29, 1.82) is 0 Å². The molecule has 0 fully saturated rings. The smallest absolute Gasteiger partial charge is 0.00658 e. The Kier molecular flexibility index (Phi) is 10.5. The number of unbranched alkanes of at least 4 members (excludes halogenated alkanes) is 7. The second kappa shape index (κ2) is 11.7. The van der Waals surface area contributed by atoms with E-state index in [1.165, 1.54) is 63.1 Å². The van der Waals surface area contributed by atoms with Crippen molar-refractivity contribution in [1.82, 2.24) is 0 Å². The van der Waals surface area contributed by atoms with E-state index in [-0.39, 0.29) is 7.27 Å². The summed E-state index contributed by atoms with van der Waals surface area (Å²) in [4.78, 5) is 0. The van der Waals surface area contributed by atoms with Crippen LogP contribution in [0.2, 0.25) is 0 Å². The van der Waals surface area contributed by atoms with Gasteiger partial charge in [0.25, 0.3) is 0 Å². The molecule has 0 aliphatic carbocycles. The Morgan fingerprint density at radius 2 is 1.42 bits per heavy atom. The van der Waals surface area contributed by atoms with Crippen molar-refractivity contribution in [3.05, 3.63) is 35.9 Å². The fourth-order valence-electron chi connectivity index (χ4n) is 2.28. The van der Waals surface area contributed by atoms with Crippen molar-refractivity contribution in [2.24, 2.45) is 0 Å². The zero-order chi connectivity index (χ0) is 13.8. The van der Waals surface area contributed by atoms with Crippen LogP contribution in [0.3, 0.4) is 0 Å². The molecule has 19 heavy (non-hydrogen) atoms. The first-order chi connectivity index (χ1) is 9.33. The fourth-order valence-corrected chi connectivity index (χ4v) is 4.38. The minimum absolute atomic E-state index is 0.315. The Bertz CT molecular complexity index is 299. The highest BCUT2D eigenvalue weighted by Crippen LogP contribution is 2.45. The molecule has 0 heterocycles. The van der Waals surface area contributed by atoms with Crippen LogP contribution in [0.4, 0.5) is 0 Å². The third kappa shape index (κ3) is 9.47. The van der Waals surface area contributed by atoms with E-state index in [1.54, 1.807) is 0 Å². The average Bonchev–Trinajstić information content (AvgIpc) is 2.43. The van der Waals surface area contributed by atoms with Crippen LogP contribution in [-0.4, -0.2) is 6.16 Å². The second-order valence-corrected chi connectivity index (χ2v) is 8.43. The molecule has 0 aromatic heterocycles. The summed E-state index contributed by atoms with van der Waals surface area (Å²) < 4.78 is 0. The first-order valence-electron chi connectivity index (χ1n) is 7.77. The van der Waals surface area contributed by atoms with Gasteiger partial charge in [-0.2, -0.15) is 0 Å². The second-order valence-electron chi connectivity index (χ2n) is 5.30. The molecule has 0 nitrogen and oxygen atoms in total. The molecule has 0 aliphatic rings. The van der Waals surface area contributed by atoms with Crippen LogP contribution in [0.1, 0.15) is 63.9 Å². The molecule has 0 aliphatic heterocycles. The van der Waals surface area contributed by atoms with Crippen LogP contribution >= 0.6 is 18.5 Å². The molecule has 0 N–H and O–H groups in total. The van der Waals surface area contributed by atoms with E-state index in [9.17, 15) is 0 Å². The number of halogens is 1. The molecule has 0 saturated heterocycles. The molecule has 0 saturated carbocycles. The molecule has 0 spiro atoms. The normalized spacial score (nSPS) is 12.5. The molecule has 108 valence electrons. The van der Waals surface area contributed by atoms with E-state index in [1.807, 2.05) is 0 Å². The molecular weight excluding hydrogens is 271 g/mol. The van der Waals surface area contributed by atoms with Crippen LogP contribution in [0.15, 0.2) is 30.3 Å². The average molecular weight is 299 g/mol. The zero-order valence-electron chi connectivity index (χ0n) is 12.3. The summed E-state index contributed by atoms with van der Waals surface area (Å²) in [6.45, 7) is 2.27. The molecule has 1 rings (SSSR count). The van der Waals surface area contributed by atoms with Crippen molar-refractivity contribution in [3.8, 4) is 0 Å². The quantitative estimate of drug-likeness (QED) is 0.306. The maximum atomic E-state index is 6.46. The molecule has 0 bridgehead atoms. The summed E-state index contributed by atoms with van der Waals surface area (Å²) in [5, 5.41) is 0. The Morgan fingerprint density at radius 3 is 2.05 bits per heavy atom. The monoisotopic (exact) mass is 298 g/mol. The van der Waals surface area contributed by atoms with Gasteiger partial charge in [-0.1, -0.05) is 93.4 Å². The standard InChI is InChI=1S/C17H28ClP/c1-2-3-4-5-6-7-8-12-15-19(18)16-17-13-10-9-11-14-17/h9-11,13-14H,2-8,12,15-16H2,1H3. The van der Waals surface area contributed by atoms with E-state index >= 15 is 0 Å². The fraction of sp³-hybridized carbons (Fsp3) is 0.647. The first-order valence-corrected chi connectivity index (χ1v) is 10.4. The van der Waals surface area contributed by atoms with Gasteiger partial charge in [-0.25, -0.2) is 0 Å². The lowest BCUT2D eigenvalue weighted by atomic mass is 10.1. The lowest BCUT2D eigenvalue weighted by Gasteiger charge is -2.09. The van der Waals surface area contributed by atoms with Gasteiger partial charge in [0.1, 0.15) is 0 Å². The molecule has 1 aromatic rings. The van der Waals surface area contributed by atoms with Crippen molar-refractivity contribution in [3.63, 3.8) is 0 Å². The molecule has 1 unspecified atom stereocenters. The van der Waals surface area contributed by atoms with Crippen molar-refractivity contribution in [2.75, 3.05) is 6.16 Å². The molecule has 1 atom stereocenters. The third-order valence-corrected chi connectivity index (χ3v) is 5.83. The van der Waals surface area contributed by atoms with Crippen molar-refractivity contribution >= 4 is 18.5 Å². The maximum absolute atomic E-state index is 6.46. The Hall–Kier alpha value is -0.0600. The van der Waals surface area contributed by atoms with Crippen molar-refractivity contribution in [2.45, 2.75) is 64.5 Å². The molecule has 0 amide bonds. The zero-order valence-corrected chi connectivity index (χ0v) is 13.9. The number of hydrogen-bond acceptors (Lipinski definition) is 0. The van der Waals surface area contributed by atoms with E-state index in [4.69, 9.17) is 11.2 Å². The van der Waals surface area contributed by atoms with Gasteiger partial charge in [0.05, 0.1) is 0 Å². The van der Waals surface area contributed by atoms with E-state index in [0.29, 0.717) is 0 Å². The highest BCUT2D eigenvalue weighted by atomic mass is 35.7. The third-order valence-electron chi connectivity index (χ3n) is 3.45. The van der Waals surface area contributed by atoms with Crippen LogP contribution in [-0.2, 0) is 6.16 Å². The van der Waals surface area contributed by atoms with Crippen LogP contribution in [0.25, 0.3) is 0 Å². The van der Waals surface area contributed by atoms with E-state index in [2.05, 4.69) is 37.3 Å². The highest BCUT2D eigenvalue weighted by Gasteiger charge is 2.04. The summed E-state index contributed by atoms with van der Waals surface area (Å²) >= 11 is 6.46. The predicted octanol–water partition coefficient (Wildman–Crippen LogP) is 6.96. The van der Waals surface area contributed by atoms with Gasteiger partial charge in [-0.05, 0) is 25.4 Å². The topological polar surface area (TPSA) is 0 Å². The lowest BCUT2D eigenvalue weighted by Crippen LogP contribution is -1.87. The minimum Gasteiger partial charge on any atom is -0.0961 e. The number of rotatable bonds is 11. The number of hydrogen-bond donors (Lipinski definition) is 0. The van der Waals surface area contributed by atoms with Crippen LogP contribution in [0.5, 0.6) is 0 Å². The van der Waals surface area contributed by atoms with Gasteiger partial charge in [0.2, 0.25) is 0 Å². The van der Waals surface area contributed by atoms with Gasteiger partial charge in [0, 0.05) is 6.16 Å². The molecule has 1 aromatic carbocycles. The summed E-state index contributed by atoms with van der Waals surface area (Å²) in [5.41, 5.74) is 1.39. The predicted molar refractivity (Wildman–Crippen MR) is 90.4 cm³/mol. The Balaban J connectivity index is 1.94. The minimum atomic E-state index is -0.315. The van der Waals surface area contributed by atoms with Gasteiger partial charge in [-0.3, -0.25) is 0 Å². The summed E-state index contributed by atoms with van der Waals surface area (Å²) in [5.74, 6) is 0. The van der Waals surface area contributed by atoms with E-state index in [0.717, 1.165) is 6.16 Å². The van der Waals surface area contributed by atoms with Gasteiger partial charge >= 0.3 is 0 Å². The summed E-state index contributed by atoms with van der Waals surface area (Å²) in [7, 11) is -0.315. The Morgan fingerprint density at radius 1 is 0.842 bits per heavy atom. The highest BCUT2D eigenvalue weighted by molar-refractivity contribution is 7.83. The van der Waals surface area contributed by atoms with Crippen LogP contribution < -0.4 is 0 Å². The van der Waals surface area contributed by atoms with Gasteiger partial charge in [-0.15, -0.1) is 0 Å². The molecule has 0 radical (unpaired) electrons. The molecular formula is C17H28ClP. The molecule has 2 heteroatoms. The van der Waals surface area contributed by atoms with Crippen molar-refractivity contribution < 1.29 is 0 Å². The van der Waals surface area contributed by atoms with Gasteiger partial charge < -0.3 is 0 Å². The Labute approximate surface area is 125 Å². The first kappa shape index (κ1) is 17.0. The number of benzene rings is 1. The van der Waals surface area contributed by atoms with E-state index < -0.39 is 0 Å². The summed E-state index contributed by atoms with van der Waals surface area (Å²) in [6, 6.07) is 10.6. The SMILES string of the molecule is CCCCCCCCCCP(Cl)Cc1ccccc1. The van der Waals surface area contributed by atoms with Crippen LogP contribution in [0, 0.1) is 0 Å². The lowest BCUT2D eigenvalue weighted by molar-refractivity contribution is 0.586. The van der Waals surface area contributed by atoms with Gasteiger partial charge in [0.15, 0.2) is 0 Å². The largest absolute Gasteiger partial charge is 0.0961 e.